The van der Waals surface area contributed by atoms with Crippen LogP contribution in [-0.2, 0) is 14.8 Å². The van der Waals surface area contributed by atoms with Crippen molar-refractivity contribution < 1.29 is 23.4 Å². The number of rotatable bonds is 6. The summed E-state index contributed by atoms with van der Waals surface area (Å²) in [6.45, 7) is 3.48. The summed E-state index contributed by atoms with van der Waals surface area (Å²) in [4.78, 5) is 14.2. The van der Waals surface area contributed by atoms with Crippen molar-refractivity contribution in [2.75, 3.05) is 32.7 Å². The molecular weight excluding hydrogens is 408 g/mol. The van der Waals surface area contributed by atoms with E-state index in [1.165, 1.54) is 22.7 Å². The summed E-state index contributed by atoms with van der Waals surface area (Å²) in [6, 6.07) is 10.9. The van der Waals surface area contributed by atoms with Crippen LogP contribution >= 0.6 is 0 Å². The lowest BCUT2D eigenvalue weighted by Gasteiger charge is -2.33. The zero-order valence-corrected chi connectivity index (χ0v) is 17.3. The number of hydrogen-bond acceptors (Lipinski definition) is 7. The molecule has 0 bridgehead atoms. The lowest BCUT2D eigenvalue weighted by molar-refractivity contribution is -0.122. The highest BCUT2D eigenvalue weighted by Crippen LogP contribution is 2.24. The summed E-state index contributed by atoms with van der Waals surface area (Å²) in [6.07, 6.45) is 1.35. The number of carbonyl (C=O) groups is 1. The molecule has 1 aliphatic rings. The monoisotopic (exact) mass is 432 g/mol. The first-order chi connectivity index (χ1) is 14.3. The number of piperazine rings is 1. The predicted molar refractivity (Wildman–Crippen MR) is 112 cm³/mol. The van der Waals surface area contributed by atoms with Crippen molar-refractivity contribution >= 4 is 22.1 Å². The van der Waals surface area contributed by atoms with Crippen LogP contribution in [0.25, 0.3) is 0 Å². The number of hydrazone groups is 1. The number of benzene rings is 2. The third kappa shape index (κ3) is 5.35. The second-order valence-electron chi connectivity index (χ2n) is 7.03. The Kier molecular flexibility index (Phi) is 6.70. The van der Waals surface area contributed by atoms with E-state index >= 15 is 0 Å². The van der Waals surface area contributed by atoms with Gasteiger partial charge in [-0.2, -0.15) is 9.41 Å². The molecule has 160 valence electrons. The molecule has 0 radical (unpaired) electrons. The van der Waals surface area contributed by atoms with Gasteiger partial charge in [-0.15, -0.1) is 0 Å². The third-order valence-corrected chi connectivity index (χ3v) is 6.67. The van der Waals surface area contributed by atoms with E-state index in [2.05, 4.69) is 10.5 Å². The van der Waals surface area contributed by atoms with E-state index in [0.717, 1.165) is 5.56 Å². The van der Waals surface area contributed by atoms with Crippen LogP contribution in [-0.4, -0.2) is 72.7 Å². The fraction of sp³-hybridized carbons (Fsp3) is 0.300. The molecule has 1 amide bonds. The largest absolute Gasteiger partial charge is 0.504 e. The van der Waals surface area contributed by atoms with Gasteiger partial charge in [-0.25, -0.2) is 13.8 Å². The summed E-state index contributed by atoms with van der Waals surface area (Å²) < 4.78 is 26.9. The Morgan fingerprint density at radius 3 is 2.37 bits per heavy atom. The first-order valence-corrected chi connectivity index (χ1v) is 10.8. The van der Waals surface area contributed by atoms with Crippen molar-refractivity contribution in [2.45, 2.75) is 11.8 Å². The van der Waals surface area contributed by atoms with Crippen molar-refractivity contribution in [3.63, 3.8) is 0 Å². The van der Waals surface area contributed by atoms with Crippen molar-refractivity contribution in [1.82, 2.24) is 14.6 Å². The van der Waals surface area contributed by atoms with Gasteiger partial charge < -0.3 is 10.2 Å². The number of aryl methyl sites for hydroxylation is 1. The number of aromatic hydroxyl groups is 2. The zero-order chi connectivity index (χ0) is 21.7. The number of nitrogens with one attached hydrogen (secondary N) is 1. The third-order valence-electron chi connectivity index (χ3n) is 4.76. The van der Waals surface area contributed by atoms with Gasteiger partial charge in [0.15, 0.2) is 11.5 Å². The van der Waals surface area contributed by atoms with E-state index in [1.807, 2.05) is 11.8 Å². The minimum Gasteiger partial charge on any atom is -0.504 e. The highest BCUT2D eigenvalue weighted by Gasteiger charge is 2.28. The molecule has 0 unspecified atom stereocenters. The standard InChI is InChI=1S/C20H24N4O5S/c1-15-2-5-17(6-3-15)30(28,29)24-10-8-23(9-11-24)14-20(27)22-21-13-16-4-7-18(25)19(26)12-16/h2-7,12-13,25-26H,8-11,14H2,1H3,(H,22,27)/b21-13-. The van der Waals surface area contributed by atoms with E-state index in [-0.39, 0.29) is 28.8 Å². The Morgan fingerprint density at radius 2 is 1.73 bits per heavy atom. The zero-order valence-electron chi connectivity index (χ0n) is 16.5. The van der Waals surface area contributed by atoms with E-state index in [9.17, 15) is 23.4 Å². The molecule has 0 saturated carbocycles. The summed E-state index contributed by atoms with van der Waals surface area (Å²) in [5.41, 5.74) is 3.91. The average Bonchev–Trinajstić information content (AvgIpc) is 2.71. The molecule has 1 heterocycles. The Hall–Kier alpha value is -2.95. The SMILES string of the molecule is Cc1ccc(S(=O)(=O)N2CCN(CC(=O)N/N=C\c3ccc(O)c(O)c3)CC2)cc1. The number of carbonyl (C=O) groups excluding carboxylic acids is 1. The Labute approximate surface area is 175 Å². The van der Waals surface area contributed by atoms with Gasteiger partial charge in [0.2, 0.25) is 10.0 Å². The van der Waals surface area contributed by atoms with Crippen molar-refractivity contribution in [3.05, 3.63) is 53.6 Å². The molecule has 10 heteroatoms. The van der Waals surface area contributed by atoms with E-state index in [4.69, 9.17) is 0 Å². The van der Waals surface area contributed by atoms with Crippen LogP contribution in [0.15, 0.2) is 52.5 Å². The lowest BCUT2D eigenvalue weighted by atomic mass is 10.2. The molecule has 1 aliphatic heterocycles. The van der Waals surface area contributed by atoms with Gasteiger partial charge in [0.1, 0.15) is 0 Å². The summed E-state index contributed by atoms with van der Waals surface area (Å²) >= 11 is 0. The number of nitrogens with zero attached hydrogens (tertiary/aromatic N) is 3. The van der Waals surface area contributed by atoms with Crippen molar-refractivity contribution in [3.8, 4) is 11.5 Å². The number of phenols is 2. The molecule has 2 aromatic carbocycles. The maximum absolute atomic E-state index is 12.7. The molecule has 2 aromatic rings. The van der Waals surface area contributed by atoms with Crippen LogP contribution in [0, 0.1) is 6.92 Å². The second kappa shape index (κ2) is 9.24. The second-order valence-corrected chi connectivity index (χ2v) is 8.97. The van der Waals surface area contributed by atoms with Crippen LogP contribution < -0.4 is 5.43 Å². The van der Waals surface area contributed by atoms with Gasteiger partial charge in [-0.1, -0.05) is 17.7 Å². The lowest BCUT2D eigenvalue weighted by Crippen LogP contribution is -2.50. The Balaban J connectivity index is 1.48. The molecule has 0 aliphatic carbocycles. The molecule has 1 fully saturated rings. The number of sulfonamides is 1. The molecule has 0 spiro atoms. The van der Waals surface area contributed by atoms with Gasteiger partial charge in [0, 0.05) is 26.2 Å². The number of amides is 1. The fourth-order valence-electron chi connectivity index (χ4n) is 3.03. The first-order valence-electron chi connectivity index (χ1n) is 9.39. The smallest absolute Gasteiger partial charge is 0.254 e. The highest BCUT2D eigenvalue weighted by atomic mass is 32.2. The number of hydrogen-bond donors (Lipinski definition) is 3. The van der Waals surface area contributed by atoms with Crippen molar-refractivity contribution in [1.29, 1.82) is 0 Å². The molecule has 0 atom stereocenters. The Bertz CT molecular complexity index is 1030. The number of phenolic OH excluding ortho intramolecular Hbond substituents is 2. The molecular formula is C20H24N4O5S. The van der Waals surface area contributed by atoms with Gasteiger partial charge >= 0.3 is 0 Å². The summed E-state index contributed by atoms with van der Waals surface area (Å²) in [7, 11) is -3.54. The molecule has 0 aromatic heterocycles. The molecule has 3 rings (SSSR count). The van der Waals surface area contributed by atoms with Crippen LogP contribution in [0.2, 0.25) is 0 Å². The maximum atomic E-state index is 12.7. The predicted octanol–water partition coefficient (Wildman–Crippen LogP) is 0.863. The van der Waals surface area contributed by atoms with Gasteiger partial charge in [0.05, 0.1) is 17.7 Å². The van der Waals surface area contributed by atoms with E-state index < -0.39 is 10.0 Å². The fourth-order valence-corrected chi connectivity index (χ4v) is 4.45. The van der Waals surface area contributed by atoms with Crippen LogP contribution in [0.4, 0.5) is 0 Å². The summed E-state index contributed by atoms with van der Waals surface area (Å²) in [5, 5.41) is 22.5. The minimum atomic E-state index is -3.54. The van der Waals surface area contributed by atoms with Crippen molar-refractivity contribution in [2.24, 2.45) is 5.10 Å². The van der Waals surface area contributed by atoms with E-state index in [0.29, 0.717) is 31.7 Å². The topological polar surface area (TPSA) is 123 Å². The maximum Gasteiger partial charge on any atom is 0.254 e. The molecule has 1 saturated heterocycles. The van der Waals surface area contributed by atoms with E-state index in [1.54, 1.807) is 30.3 Å². The molecule has 9 nitrogen and oxygen atoms in total. The summed E-state index contributed by atoms with van der Waals surface area (Å²) in [5.74, 6) is -0.840. The van der Waals surface area contributed by atoms with Crippen LogP contribution in [0.3, 0.4) is 0 Å². The Morgan fingerprint density at radius 1 is 1.07 bits per heavy atom. The molecule has 3 N–H and O–H groups in total. The van der Waals surface area contributed by atoms with Gasteiger partial charge in [-0.3, -0.25) is 9.69 Å². The highest BCUT2D eigenvalue weighted by molar-refractivity contribution is 7.89. The van der Waals surface area contributed by atoms with Crippen LogP contribution in [0.5, 0.6) is 11.5 Å². The van der Waals surface area contributed by atoms with Crippen LogP contribution in [0.1, 0.15) is 11.1 Å². The average molecular weight is 433 g/mol. The quantitative estimate of drug-likeness (QED) is 0.354. The van der Waals surface area contributed by atoms with Gasteiger partial charge in [0.25, 0.3) is 5.91 Å². The van der Waals surface area contributed by atoms with Gasteiger partial charge in [-0.05, 0) is 42.8 Å². The minimum absolute atomic E-state index is 0.0938. The molecule has 30 heavy (non-hydrogen) atoms. The first kappa shape index (κ1) is 21.8. The normalized spacial score (nSPS) is 16.0.